The third-order valence-corrected chi connectivity index (χ3v) is 4.12. The lowest BCUT2D eigenvalue weighted by Crippen LogP contribution is -2.35. The monoisotopic (exact) mass is 310 g/mol. The molecule has 1 aliphatic heterocycles. The summed E-state index contributed by atoms with van der Waals surface area (Å²) in [5.74, 6) is 0.859. The zero-order valence-corrected chi connectivity index (χ0v) is 13.6. The zero-order valence-electron chi connectivity index (χ0n) is 13.6. The molecule has 0 fully saturated rings. The molecule has 1 heterocycles. The van der Waals surface area contributed by atoms with Crippen LogP contribution in [-0.2, 0) is 4.79 Å². The molecule has 4 heteroatoms. The third kappa shape index (κ3) is 3.65. The molecule has 4 nitrogen and oxygen atoms in total. The molecule has 1 aliphatic rings. The zero-order chi connectivity index (χ0) is 16.2. The number of ether oxygens (including phenoxy) is 1. The molecular formula is C19H22N2O2. The van der Waals surface area contributed by atoms with E-state index in [1.54, 1.807) is 0 Å². The maximum absolute atomic E-state index is 12.3. The van der Waals surface area contributed by atoms with Gasteiger partial charge in [0.15, 0.2) is 0 Å². The Morgan fingerprint density at radius 2 is 2.04 bits per heavy atom. The second-order valence-electron chi connectivity index (χ2n) is 5.97. The van der Waals surface area contributed by atoms with Gasteiger partial charge in [-0.2, -0.15) is 0 Å². The van der Waals surface area contributed by atoms with Crippen LogP contribution in [0.25, 0.3) is 0 Å². The maximum Gasteiger partial charge on any atom is 0.239 e. The summed E-state index contributed by atoms with van der Waals surface area (Å²) in [6.07, 6.45) is 0.798. The van der Waals surface area contributed by atoms with E-state index in [1.165, 1.54) is 5.56 Å². The molecule has 0 aromatic heterocycles. The van der Waals surface area contributed by atoms with Crippen molar-refractivity contribution in [1.29, 1.82) is 0 Å². The Labute approximate surface area is 136 Å². The summed E-state index contributed by atoms with van der Waals surface area (Å²) >= 11 is 0. The van der Waals surface area contributed by atoms with Gasteiger partial charge >= 0.3 is 0 Å². The van der Waals surface area contributed by atoms with E-state index in [9.17, 15) is 4.79 Å². The van der Waals surface area contributed by atoms with Gasteiger partial charge in [-0.3, -0.25) is 4.79 Å². The molecule has 3 rings (SSSR count). The van der Waals surface area contributed by atoms with E-state index < -0.39 is 0 Å². The predicted octanol–water partition coefficient (Wildman–Crippen LogP) is 3.36. The van der Waals surface area contributed by atoms with Gasteiger partial charge in [-0.1, -0.05) is 35.9 Å². The molecule has 0 saturated heterocycles. The van der Waals surface area contributed by atoms with Crippen molar-refractivity contribution in [1.82, 2.24) is 5.32 Å². The number of hydrogen-bond donors (Lipinski definition) is 2. The first-order chi connectivity index (χ1) is 11.1. The molecule has 1 amide bonds. The van der Waals surface area contributed by atoms with Crippen molar-refractivity contribution < 1.29 is 9.53 Å². The number of hydrogen-bond acceptors (Lipinski definition) is 3. The number of carbonyl (C=O) groups excluding carboxylic acids is 1. The molecule has 1 unspecified atom stereocenters. The Morgan fingerprint density at radius 1 is 1.22 bits per heavy atom. The summed E-state index contributed by atoms with van der Waals surface area (Å²) in [5.41, 5.74) is 4.42. The SMILES string of the molecule is Cc1ccc(NCC(=O)NC2CCOc3ccccc32)c(C)c1. The molecular weight excluding hydrogens is 288 g/mol. The van der Waals surface area contributed by atoms with Crippen molar-refractivity contribution in [2.24, 2.45) is 0 Å². The summed E-state index contributed by atoms with van der Waals surface area (Å²) in [7, 11) is 0. The lowest BCUT2D eigenvalue weighted by molar-refractivity contribution is -0.120. The first-order valence-electron chi connectivity index (χ1n) is 7.96. The molecule has 23 heavy (non-hydrogen) atoms. The minimum absolute atomic E-state index is 0.00771. The number of para-hydroxylation sites is 1. The van der Waals surface area contributed by atoms with Gasteiger partial charge in [0.2, 0.25) is 5.91 Å². The van der Waals surface area contributed by atoms with Gasteiger partial charge in [0.25, 0.3) is 0 Å². The highest BCUT2D eigenvalue weighted by Gasteiger charge is 2.22. The summed E-state index contributed by atoms with van der Waals surface area (Å²) in [4.78, 5) is 12.3. The van der Waals surface area contributed by atoms with E-state index in [0.717, 1.165) is 29.0 Å². The molecule has 2 N–H and O–H groups in total. The molecule has 2 aromatic rings. The molecule has 0 aliphatic carbocycles. The maximum atomic E-state index is 12.3. The normalized spacial score (nSPS) is 16.2. The van der Waals surface area contributed by atoms with Gasteiger partial charge in [-0.15, -0.1) is 0 Å². The lowest BCUT2D eigenvalue weighted by atomic mass is 10.0. The summed E-state index contributed by atoms with van der Waals surface area (Å²) < 4.78 is 5.62. The van der Waals surface area contributed by atoms with Crippen molar-refractivity contribution in [3.63, 3.8) is 0 Å². The van der Waals surface area contributed by atoms with Crippen LogP contribution in [-0.4, -0.2) is 19.1 Å². The minimum atomic E-state index is -0.00771. The van der Waals surface area contributed by atoms with Crippen LogP contribution >= 0.6 is 0 Å². The van der Waals surface area contributed by atoms with Crippen molar-refractivity contribution in [2.45, 2.75) is 26.3 Å². The number of benzene rings is 2. The molecule has 0 saturated carbocycles. The number of carbonyl (C=O) groups is 1. The summed E-state index contributed by atoms with van der Waals surface area (Å²) in [5, 5.41) is 6.30. The van der Waals surface area contributed by atoms with Gasteiger partial charge in [-0.05, 0) is 31.5 Å². The molecule has 0 spiro atoms. The van der Waals surface area contributed by atoms with Crippen LogP contribution in [0.15, 0.2) is 42.5 Å². The highest BCUT2D eigenvalue weighted by atomic mass is 16.5. The highest BCUT2D eigenvalue weighted by Crippen LogP contribution is 2.31. The summed E-state index contributed by atoms with van der Waals surface area (Å²) in [6, 6.07) is 14.1. The Kier molecular flexibility index (Phi) is 4.51. The van der Waals surface area contributed by atoms with Gasteiger partial charge in [-0.25, -0.2) is 0 Å². The van der Waals surface area contributed by atoms with E-state index in [-0.39, 0.29) is 18.5 Å². The fourth-order valence-electron chi connectivity index (χ4n) is 2.92. The highest BCUT2D eigenvalue weighted by molar-refractivity contribution is 5.81. The Morgan fingerprint density at radius 3 is 2.87 bits per heavy atom. The number of anilines is 1. The van der Waals surface area contributed by atoms with E-state index in [1.807, 2.05) is 43.3 Å². The van der Waals surface area contributed by atoms with Crippen LogP contribution in [0.3, 0.4) is 0 Å². The van der Waals surface area contributed by atoms with Gasteiger partial charge in [0.1, 0.15) is 5.75 Å². The topological polar surface area (TPSA) is 50.4 Å². The Bertz CT molecular complexity index is 712. The number of aryl methyl sites for hydroxylation is 2. The molecule has 0 bridgehead atoms. The molecule has 1 atom stereocenters. The number of fused-ring (bicyclic) bond motifs is 1. The molecule has 2 aromatic carbocycles. The van der Waals surface area contributed by atoms with Crippen LogP contribution in [0.4, 0.5) is 5.69 Å². The van der Waals surface area contributed by atoms with Gasteiger partial charge < -0.3 is 15.4 Å². The average molecular weight is 310 g/mol. The number of nitrogens with one attached hydrogen (secondary N) is 2. The van der Waals surface area contributed by atoms with Crippen molar-refractivity contribution in [3.8, 4) is 5.75 Å². The van der Waals surface area contributed by atoms with Gasteiger partial charge in [0, 0.05) is 17.7 Å². The van der Waals surface area contributed by atoms with Crippen LogP contribution in [0.5, 0.6) is 5.75 Å². The standard InChI is InChI=1S/C19H22N2O2/c1-13-7-8-16(14(2)11-13)20-12-19(22)21-17-9-10-23-18-6-4-3-5-15(17)18/h3-8,11,17,20H,9-10,12H2,1-2H3,(H,21,22). The minimum Gasteiger partial charge on any atom is -0.493 e. The third-order valence-electron chi connectivity index (χ3n) is 4.12. The number of amides is 1. The first-order valence-corrected chi connectivity index (χ1v) is 7.96. The smallest absolute Gasteiger partial charge is 0.239 e. The average Bonchev–Trinajstić information content (AvgIpc) is 2.54. The van der Waals surface area contributed by atoms with E-state index in [4.69, 9.17) is 4.74 Å². The second kappa shape index (κ2) is 6.73. The van der Waals surface area contributed by atoms with E-state index in [2.05, 4.69) is 23.6 Å². The van der Waals surface area contributed by atoms with Crippen molar-refractivity contribution >= 4 is 11.6 Å². The quantitative estimate of drug-likeness (QED) is 0.910. The van der Waals surface area contributed by atoms with E-state index in [0.29, 0.717) is 6.61 Å². The van der Waals surface area contributed by atoms with Gasteiger partial charge in [0.05, 0.1) is 19.2 Å². The number of rotatable bonds is 4. The molecule has 0 radical (unpaired) electrons. The molecule has 120 valence electrons. The van der Waals surface area contributed by atoms with Crippen LogP contribution in [0, 0.1) is 13.8 Å². The Balaban J connectivity index is 1.60. The fraction of sp³-hybridized carbons (Fsp3) is 0.316. The van der Waals surface area contributed by atoms with Crippen LogP contribution < -0.4 is 15.4 Å². The fourth-order valence-corrected chi connectivity index (χ4v) is 2.92. The predicted molar refractivity (Wildman–Crippen MR) is 91.8 cm³/mol. The Hall–Kier alpha value is -2.49. The first kappa shape index (κ1) is 15.4. The largest absolute Gasteiger partial charge is 0.493 e. The van der Waals surface area contributed by atoms with Crippen LogP contribution in [0.1, 0.15) is 29.2 Å². The summed E-state index contributed by atoms with van der Waals surface area (Å²) in [6.45, 7) is 5.00. The van der Waals surface area contributed by atoms with E-state index >= 15 is 0 Å². The lowest BCUT2D eigenvalue weighted by Gasteiger charge is -2.26. The van der Waals surface area contributed by atoms with Crippen molar-refractivity contribution in [3.05, 3.63) is 59.2 Å². The van der Waals surface area contributed by atoms with Crippen molar-refractivity contribution in [2.75, 3.05) is 18.5 Å². The second-order valence-corrected chi connectivity index (χ2v) is 5.97. The van der Waals surface area contributed by atoms with Crippen LogP contribution in [0.2, 0.25) is 0 Å².